The van der Waals surface area contributed by atoms with E-state index in [9.17, 15) is 19.1 Å². The topological polar surface area (TPSA) is 129 Å². The summed E-state index contributed by atoms with van der Waals surface area (Å²) in [5.74, 6) is -2.05. The number of phenols is 1. The summed E-state index contributed by atoms with van der Waals surface area (Å²) in [6.45, 7) is 1.46. The Labute approximate surface area is 235 Å². The van der Waals surface area contributed by atoms with Gasteiger partial charge in [-0.1, -0.05) is 60.1 Å². The Balaban J connectivity index is 1.58. The Morgan fingerprint density at radius 1 is 0.975 bits per heavy atom. The van der Waals surface area contributed by atoms with Gasteiger partial charge in [0.15, 0.2) is 0 Å². The second kappa shape index (κ2) is 12.2. The van der Waals surface area contributed by atoms with Crippen LogP contribution >= 0.6 is 11.6 Å². The van der Waals surface area contributed by atoms with E-state index in [1.165, 1.54) is 31.2 Å². The zero-order valence-corrected chi connectivity index (χ0v) is 22.1. The monoisotopic (exact) mass is 554 g/mol. The van der Waals surface area contributed by atoms with Gasteiger partial charge in [0.1, 0.15) is 17.6 Å². The number of benzene rings is 4. The van der Waals surface area contributed by atoms with Crippen LogP contribution in [0.3, 0.4) is 0 Å². The molecule has 0 unspecified atom stereocenters. The maximum atomic E-state index is 13.5. The molecule has 1 atom stereocenters. The Kier molecular flexibility index (Phi) is 8.57. The second-order valence-corrected chi connectivity index (χ2v) is 9.48. The minimum atomic E-state index is -1.07. The average Bonchev–Trinajstić information content (AvgIpc) is 2.94. The van der Waals surface area contributed by atoms with Crippen LogP contribution in [-0.4, -0.2) is 28.8 Å². The number of nitrogens with two attached hydrogens (primary N) is 1. The highest BCUT2D eigenvalue weighted by Gasteiger charge is 2.24. The summed E-state index contributed by atoms with van der Waals surface area (Å²) >= 11 is 5.90. The van der Waals surface area contributed by atoms with E-state index >= 15 is 0 Å². The van der Waals surface area contributed by atoms with Gasteiger partial charge in [0.25, 0.3) is 11.8 Å². The van der Waals surface area contributed by atoms with Crippen molar-refractivity contribution in [2.75, 3.05) is 0 Å². The second-order valence-electron chi connectivity index (χ2n) is 9.07. The van der Waals surface area contributed by atoms with Gasteiger partial charge in [0.2, 0.25) is 0 Å². The summed E-state index contributed by atoms with van der Waals surface area (Å²) in [6.07, 6.45) is 0.0991. The predicted molar refractivity (Wildman–Crippen MR) is 152 cm³/mol. The van der Waals surface area contributed by atoms with Gasteiger partial charge in [-0.2, -0.15) is 10.3 Å². The molecule has 7 nitrogen and oxygen atoms in total. The number of carbonyl (C=O) groups excluding carboxylic acids is 2. The summed E-state index contributed by atoms with van der Waals surface area (Å²) in [5, 5.41) is 22.1. The number of amides is 2. The van der Waals surface area contributed by atoms with E-state index in [0.717, 1.165) is 22.3 Å². The lowest BCUT2D eigenvalue weighted by Crippen LogP contribution is -2.42. The molecule has 4 aromatic carbocycles. The number of halogens is 2. The van der Waals surface area contributed by atoms with E-state index < -0.39 is 23.7 Å². The Hall–Kier alpha value is -5.00. The molecule has 0 aromatic heterocycles. The number of rotatable bonds is 7. The molecule has 0 heterocycles. The third-order valence-corrected chi connectivity index (χ3v) is 6.41. The molecule has 4 rings (SSSR count). The molecule has 0 radical (unpaired) electrons. The zero-order valence-electron chi connectivity index (χ0n) is 21.4. The quantitative estimate of drug-likeness (QED) is 0.201. The first-order chi connectivity index (χ1) is 19.1. The number of carbonyl (C=O) groups is 2. The number of amidine groups is 1. The van der Waals surface area contributed by atoms with Crippen molar-refractivity contribution in [1.29, 1.82) is 5.26 Å². The number of nitriles is 1. The first-order valence-electron chi connectivity index (χ1n) is 12.2. The van der Waals surface area contributed by atoms with Crippen molar-refractivity contribution in [2.45, 2.75) is 19.4 Å². The lowest BCUT2D eigenvalue weighted by Gasteiger charge is -2.17. The Morgan fingerprint density at radius 2 is 1.55 bits per heavy atom. The van der Waals surface area contributed by atoms with E-state index in [0.29, 0.717) is 11.1 Å². The van der Waals surface area contributed by atoms with E-state index in [-0.39, 0.29) is 28.6 Å². The van der Waals surface area contributed by atoms with Gasteiger partial charge in [0, 0.05) is 6.42 Å². The maximum Gasteiger partial charge on any atom is 0.270 e. The van der Waals surface area contributed by atoms with Crippen LogP contribution in [0.25, 0.3) is 22.3 Å². The van der Waals surface area contributed by atoms with E-state index in [1.807, 2.05) is 0 Å². The van der Waals surface area contributed by atoms with Gasteiger partial charge in [-0.25, -0.2) is 4.39 Å². The summed E-state index contributed by atoms with van der Waals surface area (Å²) < 4.78 is 13.5. The highest BCUT2D eigenvalue weighted by Crippen LogP contribution is 2.27. The third kappa shape index (κ3) is 6.70. The molecule has 0 aliphatic heterocycles. The van der Waals surface area contributed by atoms with Crippen molar-refractivity contribution in [3.05, 3.63) is 112 Å². The molecule has 2 amide bonds. The molecular weight excluding hydrogens is 531 g/mol. The Bertz CT molecular complexity index is 1640. The number of hydrogen-bond acceptors (Lipinski definition) is 4. The molecule has 4 aromatic rings. The number of phenolic OH excluding ortho intramolecular Hbond substituents is 1. The number of hydrogen-bond donors (Lipinski definition) is 3. The lowest BCUT2D eigenvalue weighted by atomic mass is 9.99. The van der Waals surface area contributed by atoms with Gasteiger partial charge >= 0.3 is 0 Å². The molecular formula is C31H24ClFN4O3. The number of aliphatic imine (C=N–C) groups is 1. The van der Waals surface area contributed by atoms with Crippen molar-refractivity contribution in [3.63, 3.8) is 0 Å². The molecule has 0 aliphatic rings. The minimum absolute atomic E-state index is 0.0106. The van der Waals surface area contributed by atoms with Crippen LogP contribution in [-0.2, 0) is 11.2 Å². The van der Waals surface area contributed by atoms with E-state index in [2.05, 4.69) is 16.4 Å². The van der Waals surface area contributed by atoms with Gasteiger partial charge < -0.3 is 16.2 Å². The lowest BCUT2D eigenvalue weighted by molar-refractivity contribution is -0.119. The molecule has 9 heteroatoms. The molecule has 0 fully saturated rings. The Morgan fingerprint density at radius 3 is 2.15 bits per heavy atom. The van der Waals surface area contributed by atoms with Crippen LogP contribution in [0.1, 0.15) is 28.4 Å². The van der Waals surface area contributed by atoms with Crippen molar-refractivity contribution in [3.8, 4) is 34.1 Å². The van der Waals surface area contributed by atoms with Crippen LogP contribution in [0.15, 0.2) is 89.9 Å². The molecule has 0 saturated heterocycles. The predicted octanol–water partition coefficient (Wildman–Crippen LogP) is 5.64. The van der Waals surface area contributed by atoms with Crippen LogP contribution in [0.4, 0.5) is 4.39 Å². The number of nitrogens with zero attached hydrogens (tertiary/aromatic N) is 2. The first-order valence-corrected chi connectivity index (χ1v) is 12.6. The summed E-state index contributed by atoms with van der Waals surface area (Å²) in [7, 11) is 0. The zero-order chi connectivity index (χ0) is 28.8. The smallest absolute Gasteiger partial charge is 0.270 e. The molecule has 0 bridgehead atoms. The van der Waals surface area contributed by atoms with Crippen molar-refractivity contribution >= 4 is 29.3 Å². The fourth-order valence-corrected chi connectivity index (χ4v) is 4.25. The number of nitrogens with one attached hydrogen (secondary N) is 1. The number of aromatic hydroxyl groups is 1. The highest BCUT2D eigenvalue weighted by molar-refractivity contribution is 6.31. The fourth-order valence-electron chi connectivity index (χ4n) is 4.07. The van der Waals surface area contributed by atoms with E-state index in [4.69, 9.17) is 22.6 Å². The normalized spacial score (nSPS) is 11.9. The summed E-state index contributed by atoms with van der Waals surface area (Å²) in [5.41, 5.74) is 9.70. The van der Waals surface area contributed by atoms with Crippen LogP contribution in [0.5, 0.6) is 5.75 Å². The third-order valence-electron chi connectivity index (χ3n) is 6.13. The maximum absolute atomic E-state index is 13.5. The molecule has 4 N–H and O–H groups in total. The standard InChI is InChI=1S/C31H24ClFN4O3/c1-18(35)36-31(40)28(14-19-2-6-22(7-3-19)24-10-12-27(33)26(32)16-24)37-30(39)25-15-23(11-13-29(25)38)21-8-4-20(17-34)5-9-21/h2-13,15-16,28,38H,14H2,1H3,(H,37,39)(H2,35,36,40)/t28-/m1/s1. The molecule has 200 valence electrons. The van der Waals surface area contributed by atoms with Crippen LogP contribution in [0, 0.1) is 17.1 Å². The first kappa shape index (κ1) is 28.0. The van der Waals surface area contributed by atoms with Crippen LogP contribution in [0.2, 0.25) is 5.02 Å². The van der Waals surface area contributed by atoms with Crippen LogP contribution < -0.4 is 11.1 Å². The van der Waals surface area contributed by atoms with Gasteiger partial charge in [-0.05, 0) is 71.1 Å². The molecule has 0 saturated carbocycles. The minimum Gasteiger partial charge on any atom is -0.507 e. The molecule has 0 aliphatic carbocycles. The van der Waals surface area contributed by atoms with Gasteiger partial charge in [0.05, 0.1) is 28.1 Å². The average molecular weight is 555 g/mol. The SMILES string of the molecule is CC(N)=NC(=O)[C@@H](Cc1ccc(-c2ccc(F)c(Cl)c2)cc1)NC(=O)c1cc(-c2ccc(C#N)cc2)ccc1O. The molecule has 40 heavy (non-hydrogen) atoms. The van der Waals surface area contributed by atoms with E-state index in [1.54, 1.807) is 60.7 Å². The summed E-state index contributed by atoms with van der Waals surface area (Å²) in [4.78, 5) is 30.0. The molecule has 0 spiro atoms. The summed E-state index contributed by atoms with van der Waals surface area (Å²) in [6, 6.07) is 23.9. The van der Waals surface area contributed by atoms with Crippen molar-refractivity contribution < 1.29 is 19.1 Å². The van der Waals surface area contributed by atoms with Gasteiger partial charge in [-0.3, -0.25) is 9.59 Å². The van der Waals surface area contributed by atoms with Crippen molar-refractivity contribution in [2.24, 2.45) is 10.7 Å². The van der Waals surface area contributed by atoms with Gasteiger partial charge in [-0.15, -0.1) is 0 Å². The van der Waals surface area contributed by atoms with Crippen molar-refractivity contribution in [1.82, 2.24) is 5.32 Å². The fraction of sp³-hybridized carbons (Fsp3) is 0.0968. The highest BCUT2D eigenvalue weighted by atomic mass is 35.5. The largest absolute Gasteiger partial charge is 0.507 e.